The number of halogens is 2. The molecule has 2 N–H and O–H groups in total. The number of carboxylic acid groups (broad SMARTS) is 1. The van der Waals surface area contributed by atoms with E-state index >= 15 is 0 Å². The van der Waals surface area contributed by atoms with E-state index in [0.29, 0.717) is 33.8 Å². The van der Waals surface area contributed by atoms with E-state index in [9.17, 15) is 9.59 Å². The molecule has 8 heteroatoms. The molecule has 0 radical (unpaired) electrons. The zero-order valence-electron chi connectivity index (χ0n) is 13.4. The van der Waals surface area contributed by atoms with E-state index in [1.54, 1.807) is 13.1 Å². The maximum atomic E-state index is 12.6. The van der Waals surface area contributed by atoms with Gasteiger partial charge >= 0.3 is 6.09 Å². The van der Waals surface area contributed by atoms with Gasteiger partial charge in [0.2, 0.25) is 0 Å². The van der Waals surface area contributed by atoms with Crippen LogP contribution < -0.4 is 15.6 Å². The van der Waals surface area contributed by atoms with Crippen molar-refractivity contribution in [2.24, 2.45) is 7.05 Å². The van der Waals surface area contributed by atoms with Crippen LogP contribution >= 0.6 is 23.2 Å². The van der Waals surface area contributed by atoms with Crippen LogP contribution in [0, 0.1) is 0 Å². The number of ether oxygens (including phenoxy) is 1. The summed E-state index contributed by atoms with van der Waals surface area (Å²) < 4.78 is 7.22. The number of rotatable bonds is 6. The number of hydrogen-bond acceptors (Lipinski definition) is 3. The van der Waals surface area contributed by atoms with Gasteiger partial charge < -0.3 is 19.7 Å². The number of hydrogen-bond donors (Lipinski definition) is 2. The summed E-state index contributed by atoms with van der Waals surface area (Å²) in [6.07, 6.45) is 0.590. The third-order valence-electron chi connectivity index (χ3n) is 3.66. The summed E-state index contributed by atoms with van der Waals surface area (Å²) >= 11 is 12.1. The summed E-state index contributed by atoms with van der Waals surface area (Å²) in [5.41, 5.74) is 0.137. The molecule has 0 aliphatic heterocycles. The SMILES string of the molecule is CCCCOc1c(CNC(=O)O)n(C)c(=O)c2cc(Cl)c(Cl)cc12. The van der Waals surface area contributed by atoms with Gasteiger partial charge in [-0.25, -0.2) is 4.79 Å². The number of pyridine rings is 1. The van der Waals surface area contributed by atoms with Crippen molar-refractivity contribution in [3.8, 4) is 5.75 Å². The highest BCUT2D eigenvalue weighted by Crippen LogP contribution is 2.33. The van der Waals surface area contributed by atoms with Crippen LogP contribution in [0.4, 0.5) is 4.79 Å². The molecule has 1 heterocycles. The predicted octanol–water partition coefficient (Wildman–Crippen LogP) is 3.79. The van der Waals surface area contributed by atoms with Crippen molar-refractivity contribution in [2.75, 3.05) is 6.61 Å². The first-order valence-electron chi connectivity index (χ1n) is 7.47. The van der Waals surface area contributed by atoms with E-state index in [0.717, 1.165) is 12.8 Å². The smallest absolute Gasteiger partial charge is 0.404 e. The minimum absolute atomic E-state index is 0.0568. The van der Waals surface area contributed by atoms with Crippen LogP contribution in [0.3, 0.4) is 0 Å². The monoisotopic (exact) mass is 372 g/mol. The van der Waals surface area contributed by atoms with E-state index in [-0.39, 0.29) is 17.1 Å². The Kier molecular flexibility index (Phi) is 5.96. The largest absolute Gasteiger partial charge is 0.491 e. The van der Waals surface area contributed by atoms with Crippen molar-refractivity contribution in [1.29, 1.82) is 0 Å². The highest BCUT2D eigenvalue weighted by molar-refractivity contribution is 6.42. The van der Waals surface area contributed by atoms with Crippen molar-refractivity contribution in [1.82, 2.24) is 9.88 Å². The molecular formula is C16H18Cl2N2O4. The third kappa shape index (κ3) is 3.76. The maximum Gasteiger partial charge on any atom is 0.404 e. The third-order valence-corrected chi connectivity index (χ3v) is 4.38. The summed E-state index contributed by atoms with van der Waals surface area (Å²) in [6, 6.07) is 3.08. The number of unbranched alkanes of at least 4 members (excludes halogenated alkanes) is 1. The molecule has 0 spiro atoms. The fraction of sp³-hybridized carbons (Fsp3) is 0.375. The lowest BCUT2D eigenvalue weighted by Crippen LogP contribution is -2.28. The minimum atomic E-state index is -1.18. The van der Waals surface area contributed by atoms with E-state index < -0.39 is 6.09 Å². The van der Waals surface area contributed by atoms with Gasteiger partial charge in [0, 0.05) is 12.4 Å². The molecule has 130 valence electrons. The Morgan fingerprint density at radius 1 is 1.29 bits per heavy atom. The Balaban J connectivity index is 2.69. The summed E-state index contributed by atoms with van der Waals surface area (Å²) in [7, 11) is 1.57. The van der Waals surface area contributed by atoms with Gasteiger partial charge in [-0.05, 0) is 18.6 Å². The van der Waals surface area contributed by atoms with Gasteiger partial charge in [0.1, 0.15) is 5.75 Å². The van der Waals surface area contributed by atoms with Crippen LogP contribution in [0.15, 0.2) is 16.9 Å². The van der Waals surface area contributed by atoms with E-state index in [2.05, 4.69) is 5.32 Å². The molecule has 0 saturated heterocycles. The molecule has 1 aromatic carbocycles. The fourth-order valence-electron chi connectivity index (χ4n) is 2.36. The van der Waals surface area contributed by atoms with Crippen molar-refractivity contribution < 1.29 is 14.6 Å². The van der Waals surface area contributed by atoms with E-state index in [1.807, 2.05) is 6.92 Å². The Labute approximate surface area is 148 Å². The lowest BCUT2D eigenvalue weighted by Gasteiger charge is -2.18. The number of aromatic nitrogens is 1. The molecule has 24 heavy (non-hydrogen) atoms. The quantitative estimate of drug-likeness (QED) is 0.755. The van der Waals surface area contributed by atoms with Crippen LogP contribution in [0.2, 0.25) is 10.0 Å². The second-order valence-corrected chi connectivity index (χ2v) is 6.13. The van der Waals surface area contributed by atoms with Crippen molar-refractivity contribution >= 4 is 40.1 Å². The van der Waals surface area contributed by atoms with Crippen LogP contribution in [0.1, 0.15) is 25.5 Å². The number of carbonyl (C=O) groups is 1. The topological polar surface area (TPSA) is 80.6 Å². The van der Waals surface area contributed by atoms with Crippen molar-refractivity contribution in [3.63, 3.8) is 0 Å². The van der Waals surface area contributed by atoms with Gasteiger partial charge in [-0.1, -0.05) is 36.5 Å². The molecule has 1 amide bonds. The lowest BCUT2D eigenvalue weighted by molar-refractivity contribution is 0.193. The highest BCUT2D eigenvalue weighted by atomic mass is 35.5. The second kappa shape index (κ2) is 7.77. The zero-order chi connectivity index (χ0) is 17.9. The Hall–Kier alpha value is -1.92. The van der Waals surface area contributed by atoms with Gasteiger partial charge in [-0.15, -0.1) is 0 Å². The van der Waals surface area contributed by atoms with Gasteiger partial charge in [0.25, 0.3) is 5.56 Å². The van der Waals surface area contributed by atoms with Crippen LogP contribution in [-0.2, 0) is 13.6 Å². The molecule has 0 aliphatic carbocycles. The lowest BCUT2D eigenvalue weighted by atomic mass is 10.1. The van der Waals surface area contributed by atoms with E-state index in [1.165, 1.54) is 10.6 Å². The molecule has 0 fully saturated rings. The number of amides is 1. The number of nitrogens with zero attached hydrogens (tertiary/aromatic N) is 1. The number of benzene rings is 1. The summed E-state index contributed by atoms with van der Waals surface area (Å²) in [5, 5.41) is 12.6. The van der Waals surface area contributed by atoms with Gasteiger partial charge in [0.15, 0.2) is 0 Å². The minimum Gasteiger partial charge on any atom is -0.491 e. The van der Waals surface area contributed by atoms with Gasteiger partial charge in [-0.2, -0.15) is 0 Å². The van der Waals surface area contributed by atoms with Crippen LogP contribution in [0.5, 0.6) is 5.75 Å². The first-order valence-corrected chi connectivity index (χ1v) is 8.22. The number of fused-ring (bicyclic) bond motifs is 1. The van der Waals surface area contributed by atoms with Crippen LogP contribution in [0.25, 0.3) is 10.8 Å². The van der Waals surface area contributed by atoms with Crippen molar-refractivity contribution in [2.45, 2.75) is 26.3 Å². The Morgan fingerprint density at radius 3 is 2.50 bits per heavy atom. The molecule has 2 rings (SSSR count). The zero-order valence-corrected chi connectivity index (χ0v) is 14.9. The Bertz CT molecular complexity index is 833. The van der Waals surface area contributed by atoms with E-state index in [4.69, 9.17) is 33.0 Å². The Morgan fingerprint density at radius 2 is 1.92 bits per heavy atom. The van der Waals surface area contributed by atoms with Gasteiger partial charge in [0.05, 0.1) is 34.3 Å². The molecular weight excluding hydrogens is 355 g/mol. The predicted molar refractivity (Wildman–Crippen MR) is 94.5 cm³/mol. The molecule has 2 aromatic rings. The van der Waals surface area contributed by atoms with Crippen molar-refractivity contribution in [3.05, 3.63) is 38.2 Å². The first kappa shape index (κ1) is 18.4. The fourth-order valence-corrected chi connectivity index (χ4v) is 2.69. The van der Waals surface area contributed by atoms with Gasteiger partial charge in [-0.3, -0.25) is 4.79 Å². The molecule has 1 aromatic heterocycles. The first-order chi connectivity index (χ1) is 11.4. The highest BCUT2D eigenvalue weighted by Gasteiger charge is 2.18. The van der Waals surface area contributed by atoms with Crippen LogP contribution in [-0.4, -0.2) is 22.4 Å². The standard InChI is InChI=1S/C16H18Cl2N2O4/c1-3-4-5-24-14-9-6-11(17)12(18)7-10(9)15(21)20(2)13(14)8-19-16(22)23/h6-7,19H,3-5,8H2,1-2H3,(H,22,23). The molecule has 6 nitrogen and oxygen atoms in total. The average Bonchev–Trinajstić information content (AvgIpc) is 2.53. The summed E-state index contributed by atoms with van der Waals surface area (Å²) in [6.45, 7) is 2.43. The normalized spacial score (nSPS) is 10.8. The maximum absolute atomic E-state index is 12.6. The number of nitrogens with one attached hydrogen (secondary N) is 1. The molecule has 0 atom stereocenters. The summed E-state index contributed by atoms with van der Waals surface area (Å²) in [4.78, 5) is 23.4. The molecule has 0 aliphatic rings. The average molecular weight is 373 g/mol. The second-order valence-electron chi connectivity index (χ2n) is 5.31. The molecule has 0 saturated carbocycles. The molecule has 0 bridgehead atoms. The summed E-state index contributed by atoms with van der Waals surface area (Å²) in [5.74, 6) is 0.438. The molecule has 0 unspecified atom stereocenters.